The smallest absolute Gasteiger partial charge is 0.138 e. The summed E-state index contributed by atoms with van der Waals surface area (Å²) in [5.41, 5.74) is 7.32. The molecule has 1 heterocycles. The van der Waals surface area contributed by atoms with Gasteiger partial charge in [-0.3, -0.25) is 4.68 Å². The number of benzene rings is 1. The van der Waals surface area contributed by atoms with E-state index in [1.54, 1.807) is 6.33 Å². The van der Waals surface area contributed by atoms with Crippen molar-refractivity contribution < 1.29 is 4.74 Å². The Morgan fingerprint density at radius 1 is 1.35 bits per heavy atom. The second-order valence-electron chi connectivity index (χ2n) is 5.04. The largest absolute Gasteiger partial charge is 0.491 e. The summed E-state index contributed by atoms with van der Waals surface area (Å²) in [5.74, 6) is 1.76. The van der Waals surface area contributed by atoms with Gasteiger partial charge in [0.1, 0.15) is 17.9 Å². The van der Waals surface area contributed by atoms with Crippen molar-refractivity contribution in [3.63, 3.8) is 0 Å². The van der Waals surface area contributed by atoms with Crippen LogP contribution in [0.5, 0.6) is 5.75 Å². The predicted octanol–water partition coefficient (Wildman–Crippen LogP) is 2.33. The van der Waals surface area contributed by atoms with Crippen LogP contribution >= 0.6 is 0 Å². The van der Waals surface area contributed by atoms with Gasteiger partial charge in [-0.1, -0.05) is 12.1 Å². The minimum atomic E-state index is -0.111. The van der Waals surface area contributed by atoms with Crippen LogP contribution in [0.2, 0.25) is 0 Å². The van der Waals surface area contributed by atoms with Crippen molar-refractivity contribution in [3.8, 4) is 5.75 Å². The van der Waals surface area contributed by atoms with E-state index in [9.17, 15) is 0 Å². The molecule has 1 aromatic carbocycles. The Morgan fingerprint density at radius 3 is 2.85 bits per heavy atom. The van der Waals surface area contributed by atoms with E-state index in [4.69, 9.17) is 10.5 Å². The third-order valence-electron chi connectivity index (χ3n) is 3.06. The molecule has 2 rings (SSSR count). The van der Waals surface area contributed by atoms with E-state index < -0.39 is 0 Å². The van der Waals surface area contributed by atoms with Crippen LogP contribution in [-0.2, 0) is 13.0 Å². The second kappa shape index (κ2) is 6.52. The molecule has 0 amide bonds. The first-order valence-corrected chi connectivity index (χ1v) is 6.99. The van der Waals surface area contributed by atoms with Crippen molar-refractivity contribution in [1.82, 2.24) is 14.8 Å². The maximum Gasteiger partial charge on any atom is 0.138 e. The Hall–Kier alpha value is -1.88. The van der Waals surface area contributed by atoms with Gasteiger partial charge < -0.3 is 10.5 Å². The number of aryl methyl sites for hydroxylation is 1. The lowest BCUT2D eigenvalue weighted by atomic mass is 10.0. The summed E-state index contributed by atoms with van der Waals surface area (Å²) < 4.78 is 7.57. The molecule has 0 aliphatic rings. The minimum absolute atomic E-state index is 0.111. The number of rotatable bonds is 6. The molecule has 2 N–H and O–H groups in total. The van der Waals surface area contributed by atoms with Crippen molar-refractivity contribution in [2.75, 3.05) is 0 Å². The number of nitrogens with zero attached hydrogens (tertiary/aromatic N) is 3. The van der Waals surface area contributed by atoms with Crippen molar-refractivity contribution in [1.29, 1.82) is 0 Å². The zero-order chi connectivity index (χ0) is 14.5. The molecule has 20 heavy (non-hydrogen) atoms. The van der Waals surface area contributed by atoms with Gasteiger partial charge in [-0.25, -0.2) is 4.98 Å². The molecule has 0 bridgehead atoms. The number of hydrogen-bond acceptors (Lipinski definition) is 4. The van der Waals surface area contributed by atoms with E-state index in [-0.39, 0.29) is 12.1 Å². The van der Waals surface area contributed by atoms with Gasteiger partial charge in [-0.2, -0.15) is 5.10 Å². The number of nitrogens with two attached hydrogens (primary N) is 1. The normalized spacial score (nSPS) is 12.7. The highest BCUT2D eigenvalue weighted by Gasteiger charge is 2.12. The van der Waals surface area contributed by atoms with Crippen LogP contribution in [0.4, 0.5) is 0 Å². The van der Waals surface area contributed by atoms with Crippen LogP contribution in [-0.4, -0.2) is 20.9 Å². The second-order valence-corrected chi connectivity index (χ2v) is 5.04. The zero-order valence-corrected chi connectivity index (χ0v) is 12.3. The third kappa shape index (κ3) is 3.57. The topological polar surface area (TPSA) is 66.0 Å². The van der Waals surface area contributed by atoms with Crippen LogP contribution in [0.15, 0.2) is 30.6 Å². The van der Waals surface area contributed by atoms with Gasteiger partial charge in [0.05, 0.1) is 6.10 Å². The monoisotopic (exact) mass is 274 g/mol. The van der Waals surface area contributed by atoms with Crippen molar-refractivity contribution in [3.05, 3.63) is 42.0 Å². The van der Waals surface area contributed by atoms with Crippen LogP contribution in [0, 0.1) is 0 Å². The Bertz CT molecular complexity index is 550. The molecule has 1 aromatic heterocycles. The summed E-state index contributed by atoms with van der Waals surface area (Å²) in [4.78, 5) is 4.26. The van der Waals surface area contributed by atoms with Crippen molar-refractivity contribution in [2.24, 2.45) is 5.73 Å². The Kier molecular flexibility index (Phi) is 4.74. The SMILES string of the molecule is CCn1ncnc1CC(N)c1cccc(OC(C)C)c1. The van der Waals surface area contributed by atoms with Crippen LogP contribution in [0.1, 0.15) is 38.2 Å². The van der Waals surface area contributed by atoms with E-state index in [1.165, 1.54) is 0 Å². The van der Waals surface area contributed by atoms with E-state index in [0.717, 1.165) is 23.7 Å². The first-order chi connectivity index (χ1) is 9.60. The average Bonchev–Trinajstić information content (AvgIpc) is 2.85. The molecule has 2 aromatic rings. The molecule has 0 saturated carbocycles. The molecule has 5 nitrogen and oxygen atoms in total. The molecule has 0 spiro atoms. The summed E-state index contributed by atoms with van der Waals surface area (Å²) in [6.07, 6.45) is 2.40. The molecular formula is C15H22N4O. The van der Waals surface area contributed by atoms with Crippen LogP contribution in [0.3, 0.4) is 0 Å². The maximum atomic E-state index is 6.27. The fourth-order valence-electron chi connectivity index (χ4n) is 2.12. The summed E-state index contributed by atoms with van der Waals surface area (Å²) >= 11 is 0. The first-order valence-electron chi connectivity index (χ1n) is 6.99. The maximum absolute atomic E-state index is 6.27. The van der Waals surface area contributed by atoms with Crippen LogP contribution < -0.4 is 10.5 Å². The van der Waals surface area contributed by atoms with Gasteiger partial charge >= 0.3 is 0 Å². The van der Waals surface area contributed by atoms with E-state index >= 15 is 0 Å². The third-order valence-corrected chi connectivity index (χ3v) is 3.06. The highest BCUT2D eigenvalue weighted by Crippen LogP contribution is 2.21. The van der Waals surface area contributed by atoms with E-state index in [0.29, 0.717) is 6.42 Å². The Balaban J connectivity index is 2.10. The van der Waals surface area contributed by atoms with Gasteiger partial charge in [0.2, 0.25) is 0 Å². The summed E-state index contributed by atoms with van der Waals surface area (Å²) in [5, 5.41) is 4.16. The van der Waals surface area contributed by atoms with Crippen molar-refractivity contribution in [2.45, 2.75) is 45.9 Å². The summed E-state index contributed by atoms with van der Waals surface area (Å²) in [6, 6.07) is 7.82. The summed E-state index contributed by atoms with van der Waals surface area (Å²) in [6.45, 7) is 6.87. The molecule has 0 radical (unpaired) electrons. The fourth-order valence-corrected chi connectivity index (χ4v) is 2.12. The molecular weight excluding hydrogens is 252 g/mol. The molecule has 1 unspecified atom stereocenters. The highest BCUT2D eigenvalue weighted by atomic mass is 16.5. The fraction of sp³-hybridized carbons (Fsp3) is 0.467. The van der Waals surface area contributed by atoms with E-state index in [1.807, 2.05) is 49.7 Å². The number of aromatic nitrogens is 3. The standard InChI is InChI=1S/C15H22N4O/c1-4-19-15(17-10-18-19)9-14(16)12-6-5-7-13(8-12)20-11(2)3/h5-8,10-11,14H,4,9,16H2,1-3H3. The Morgan fingerprint density at radius 2 is 2.15 bits per heavy atom. The van der Waals surface area contributed by atoms with Gasteiger partial charge in [0.25, 0.3) is 0 Å². The lowest BCUT2D eigenvalue weighted by Gasteiger charge is -2.15. The lowest BCUT2D eigenvalue weighted by Crippen LogP contribution is -2.17. The molecule has 1 atom stereocenters. The predicted molar refractivity (Wildman–Crippen MR) is 78.5 cm³/mol. The molecule has 0 aliphatic carbocycles. The van der Waals surface area contributed by atoms with E-state index in [2.05, 4.69) is 10.1 Å². The highest BCUT2D eigenvalue weighted by molar-refractivity contribution is 5.31. The summed E-state index contributed by atoms with van der Waals surface area (Å²) in [7, 11) is 0. The van der Waals surface area contributed by atoms with Crippen LogP contribution in [0.25, 0.3) is 0 Å². The average molecular weight is 274 g/mol. The first kappa shape index (κ1) is 14.5. The molecule has 0 aliphatic heterocycles. The Labute approximate surface area is 119 Å². The lowest BCUT2D eigenvalue weighted by molar-refractivity contribution is 0.242. The zero-order valence-electron chi connectivity index (χ0n) is 12.3. The molecule has 108 valence electrons. The minimum Gasteiger partial charge on any atom is -0.491 e. The van der Waals surface area contributed by atoms with Gasteiger partial charge in [-0.05, 0) is 38.5 Å². The van der Waals surface area contributed by atoms with Crippen molar-refractivity contribution >= 4 is 0 Å². The van der Waals surface area contributed by atoms with Gasteiger partial charge in [-0.15, -0.1) is 0 Å². The quantitative estimate of drug-likeness (QED) is 0.878. The van der Waals surface area contributed by atoms with Gasteiger partial charge in [0, 0.05) is 19.0 Å². The van der Waals surface area contributed by atoms with Gasteiger partial charge in [0.15, 0.2) is 0 Å². The number of hydrogen-bond donors (Lipinski definition) is 1. The molecule has 0 saturated heterocycles. The number of ether oxygens (including phenoxy) is 1. The molecule has 0 fully saturated rings. The molecule has 5 heteroatoms.